The lowest BCUT2D eigenvalue weighted by atomic mass is 9.70. The van der Waals surface area contributed by atoms with Gasteiger partial charge in [0.2, 0.25) is 0 Å². The largest absolute Gasteiger partial charge is 0.456 e. The van der Waals surface area contributed by atoms with Crippen LogP contribution in [0.3, 0.4) is 0 Å². The predicted molar refractivity (Wildman–Crippen MR) is 255 cm³/mol. The van der Waals surface area contributed by atoms with E-state index in [1.54, 1.807) is 0 Å². The SMILES string of the molecule is Cc1ccc2oc3ccc(N(C4=Cc5c(cc(N(c6ccccc6)c6ccc7oc8ccc(C)cc8c7c6)c6c5C(C)CC=C6)C5C=CC=CC45)c4ccccc4)cc3c2c1. The average Bonchev–Trinajstić information content (AvgIpc) is 3.84. The Balaban J connectivity index is 1.10. The first-order valence-corrected chi connectivity index (χ1v) is 21.5. The second-order valence-electron chi connectivity index (χ2n) is 17.1. The molecule has 0 fully saturated rings. The highest BCUT2D eigenvalue weighted by Gasteiger charge is 2.37. The van der Waals surface area contributed by atoms with Crippen molar-refractivity contribution in [2.24, 2.45) is 5.92 Å². The van der Waals surface area contributed by atoms with Crippen molar-refractivity contribution in [2.45, 2.75) is 39.0 Å². The molecule has 4 nitrogen and oxygen atoms in total. The first-order chi connectivity index (χ1) is 30.0. The highest BCUT2D eigenvalue weighted by atomic mass is 16.3. The van der Waals surface area contributed by atoms with Crippen molar-refractivity contribution in [3.8, 4) is 0 Å². The molecule has 9 aromatic rings. The van der Waals surface area contributed by atoms with Crippen molar-refractivity contribution < 1.29 is 8.83 Å². The third kappa shape index (κ3) is 5.73. The second-order valence-corrected chi connectivity index (χ2v) is 17.1. The molecule has 0 N–H and O–H groups in total. The molecule has 0 spiro atoms. The summed E-state index contributed by atoms with van der Waals surface area (Å²) in [7, 11) is 0. The fourth-order valence-electron chi connectivity index (χ4n) is 10.3. The number of benzene rings is 7. The smallest absolute Gasteiger partial charge is 0.135 e. The van der Waals surface area contributed by atoms with Gasteiger partial charge in [-0.2, -0.15) is 0 Å². The van der Waals surface area contributed by atoms with Crippen LogP contribution < -0.4 is 9.80 Å². The number of hydrogen-bond acceptors (Lipinski definition) is 4. The molecular formula is C57H44N2O2. The molecule has 0 radical (unpaired) electrons. The van der Waals surface area contributed by atoms with Crippen molar-refractivity contribution in [3.63, 3.8) is 0 Å². The maximum atomic E-state index is 6.37. The molecular weight excluding hydrogens is 745 g/mol. The molecule has 0 amide bonds. The maximum Gasteiger partial charge on any atom is 0.135 e. The van der Waals surface area contributed by atoms with E-state index in [4.69, 9.17) is 8.83 Å². The third-order valence-corrected chi connectivity index (χ3v) is 13.1. The van der Waals surface area contributed by atoms with Crippen LogP contribution in [0.1, 0.15) is 58.6 Å². The van der Waals surface area contributed by atoms with Crippen LogP contribution in [0, 0.1) is 19.8 Å². The third-order valence-electron chi connectivity index (χ3n) is 13.1. The van der Waals surface area contributed by atoms with Gasteiger partial charge in [-0.25, -0.2) is 0 Å². The molecule has 2 aromatic heterocycles. The van der Waals surface area contributed by atoms with Crippen LogP contribution in [0.5, 0.6) is 0 Å². The van der Waals surface area contributed by atoms with E-state index in [0.717, 1.165) is 73.0 Å². The topological polar surface area (TPSA) is 32.8 Å². The lowest BCUT2D eigenvalue weighted by Gasteiger charge is -2.41. The summed E-state index contributed by atoms with van der Waals surface area (Å²) < 4.78 is 12.7. The number of hydrogen-bond donors (Lipinski definition) is 0. The zero-order valence-corrected chi connectivity index (χ0v) is 34.5. The molecule has 0 bridgehead atoms. The van der Waals surface area contributed by atoms with Crippen LogP contribution in [-0.2, 0) is 0 Å². The van der Waals surface area contributed by atoms with Crippen molar-refractivity contribution in [3.05, 3.63) is 209 Å². The van der Waals surface area contributed by atoms with Gasteiger partial charge in [-0.15, -0.1) is 0 Å². The number of rotatable bonds is 6. The summed E-state index contributed by atoms with van der Waals surface area (Å²) >= 11 is 0. The van der Waals surface area contributed by atoms with Crippen molar-refractivity contribution in [2.75, 3.05) is 9.80 Å². The summed E-state index contributed by atoms with van der Waals surface area (Å²) in [5, 5.41) is 4.54. The van der Waals surface area contributed by atoms with Crippen LogP contribution in [0.4, 0.5) is 28.4 Å². The Kier molecular flexibility index (Phi) is 8.11. The molecule has 0 aliphatic heterocycles. The molecule has 4 heteroatoms. The summed E-state index contributed by atoms with van der Waals surface area (Å²) in [6.45, 7) is 6.69. The van der Waals surface area contributed by atoms with Gasteiger partial charge in [0.05, 0.1) is 5.69 Å². The van der Waals surface area contributed by atoms with E-state index in [0.29, 0.717) is 5.92 Å². The number of nitrogens with zero attached hydrogens (tertiary/aromatic N) is 2. The van der Waals surface area contributed by atoms with Crippen molar-refractivity contribution in [1.82, 2.24) is 0 Å². The van der Waals surface area contributed by atoms with Crippen LogP contribution in [-0.4, -0.2) is 0 Å². The summed E-state index contributed by atoms with van der Waals surface area (Å²) in [6.07, 6.45) is 17.5. The standard InChI is InChI=1S/C57H44N2O2/c1-35-21-25-53-46(29-35)48-31-40(23-27-55(48)60-53)58(38-14-6-4-7-15-38)51-34-50-45(42-18-10-11-19-43(42)51)33-52(44-20-12-13-37(3)57(44)50)59(39-16-8-5-9-17-39)41-24-28-56-49(32-41)47-30-36(2)22-26-54(47)61-56/h4-12,14-34,37,42-43H,13H2,1-3H3. The predicted octanol–water partition coefficient (Wildman–Crippen LogP) is 16.1. The van der Waals surface area contributed by atoms with Crippen LogP contribution in [0.2, 0.25) is 0 Å². The molecule has 3 unspecified atom stereocenters. The van der Waals surface area contributed by atoms with Crippen molar-refractivity contribution in [1.29, 1.82) is 0 Å². The van der Waals surface area contributed by atoms with Crippen LogP contribution in [0.15, 0.2) is 184 Å². The van der Waals surface area contributed by atoms with E-state index in [1.165, 1.54) is 44.8 Å². The first kappa shape index (κ1) is 35.6. The van der Waals surface area contributed by atoms with E-state index in [-0.39, 0.29) is 11.8 Å². The Morgan fingerprint density at radius 1 is 0.508 bits per heavy atom. The second kappa shape index (κ2) is 13.9. The fourth-order valence-corrected chi connectivity index (χ4v) is 10.3. The fraction of sp³-hybridized carbons (Fsp3) is 0.123. The van der Waals surface area contributed by atoms with Gasteiger partial charge in [0.1, 0.15) is 22.3 Å². The molecule has 3 aliphatic carbocycles. The number of anilines is 5. The molecule has 2 heterocycles. The Hall–Kier alpha value is -7.30. The minimum atomic E-state index is 0.0964. The van der Waals surface area contributed by atoms with Crippen LogP contribution in [0.25, 0.3) is 56.0 Å². The Morgan fingerprint density at radius 2 is 1.03 bits per heavy atom. The Morgan fingerprint density at radius 3 is 1.64 bits per heavy atom. The van der Waals surface area contributed by atoms with E-state index >= 15 is 0 Å². The Labute approximate surface area is 355 Å². The first-order valence-electron chi connectivity index (χ1n) is 21.5. The molecule has 0 saturated carbocycles. The van der Waals surface area contributed by atoms with Gasteiger partial charge < -0.3 is 18.6 Å². The quantitative estimate of drug-likeness (QED) is 0.168. The molecule has 294 valence electrons. The number of para-hydroxylation sites is 2. The molecule has 3 atom stereocenters. The van der Waals surface area contributed by atoms with Gasteiger partial charge in [-0.05, 0) is 140 Å². The van der Waals surface area contributed by atoms with Gasteiger partial charge in [-0.3, -0.25) is 0 Å². The van der Waals surface area contributed by atoms with Crippen molar-refractivity contribution >= 4 is 84.5 Å². The maximum absolute atomic E-state index is 6.37. The van der Waals surface area contributed by atoms with Gasteiger partial charge in [0, 0.05) is 67.4 Å². The number of furan rings is 2. The van der Waals surface area contributed by atoms with Gasteiger partial charge in [0.15, 0.2) is 0 Å². The lowest BCUT2D eigenvalue weighted by Crippen LogP contribution is -2.30. The Bertz CT molecular complexity index is 3340. The number of aryl methyl sites for hydroxylation is 2. The molecule has 3 aliphatic rings. The highest BCUT2D eigenvalue weighted by molar-refractivity contribution is 6.08. The highest BCUT2D eigenvalue weighted by Crippen LogP contribution is 2.53. The molecule has 7 aromatic carbocycles. The lowest BCUT2D eigenvalue weighted by molar-refractivity contribution is 0.638. The summed E-state index contributed by atoms with van der Waals surface area (Å²) in [5.41, 5.74) is 18.4. The normalized spacial score (nSPS) is 17.8. The number of allylic oxidation sites excluding steroid dienone is 5. The monoisotopic (exact) mass is 788 g/mol. The number of fused-ring (bicyclic) bond motifs is 11. The van der Waals surface area contributed by atoms with E-state index in [1.807, 2.05) is 0 Å². The van der Waals surface area contributed by atoms with Crippen LogP contribution >= 0.6 is 0 Å². The summed E-state index contributed by atoms with van der Waals surface area (Å²) in [6, 6.07) is 50.5. The zero-order chi connectivity index (χ0) is 40.8. The molecule has 61 heavy (non-hydrogen) atoms. The van der Waals surface area contributed by atoms with E-state index < -0.39 is 0 Å². The summed E-state index contributed by atoms with van der Waals surface area (Å²) in [5.74, 6) is 0.531. The van der Waals surface area contributed by atoms with Gasteiger partial charge in [-0.1, -0.05) is 103 Å². The zero-order valence-electron chi connectivity index (χ0n) is 34.5. The van der Waals surface area contributed by atoms with Gasteiger partial charge in [0.25, 0.3) is 0 Å². The minimum absolute atomic E-state index is 0.0964. The molecule has 12 rings (SSSR count). The average molecular weight is 789 g/mol. The minimum Gasteiger partial charge on any atom is -0.456 e. The van der Waals surface area contributed by atoms with E-state index in [2.05, 4.69) is 213 Å². The summed E-state index contributed by atoms with van der Waals surface area (Å²) in [4.78, 5) is 4.96. The molecule has 0 saturated heterocycles. The van der Waals surface area contributed by atoms with Gasteiger partial charge >= 0.3 is 0 Å². The van der Waals surface area contributed by atoms with E-state index in [9.17, 15) is 0 Å².